The van der Waals surface area contributed by atoms with Gasteiger partial charge in [-0.1, -0.05) is 69.6 Å². The Morgan fingerprint density at radius 3 is 2.74 bits per heavy atom. The highest BCUT2D eigenvalue weighted by atomic mass is 35.5. The summed E-state index contributed by atoms with van der Waals surface area (Å²) in [4.78, 5) is 5.19. The molecule has 1 aliphatic heterocycles. The molecule has 0 amide bonds. The molecule has 0 unspecified atom stereocenters. The third kappa shape index (κ3) is 6.52. The first-order chi connectivity index (χ1) is 16.9. The zero-order valence-electron chi connectivity index (χ0n) is 22.5. The van der Waals surface area contributed by atoms with Crippen LogP contribution in [0.15, 0.2) is 42.6 Å². The minimum Gasteiger partial charge on any atom is -0.370 e. The molecule has 1 aliphatic carbocycles. The van der Waals surface area contributed by atoms with Crippen LogP contribution in [0.4, 0.5) is 0 Å². The molecule has 2 aliphatic rings. The molecule has 0 saturated carbocycles. The van der Waals surface area contributed by atoms with Crippen molar-refractivity contribution >= 4 is 11.6 Å². The van der Waals surface area contributed by atoms with Gasteiger partial charge in [0, 0.05) is 42.8 Å². The maximum Gasteiger partial charge on any atom is 0.0444 e. The Hall–Kier alpha value is -1.77. The van der Waals surface area contributed by atoms with Crippen LogP contribution in [0, 0.1) is 18.8 Å². The van der Waals surface area contributed by atoms with Crippen LogP contribution in [-0.4, -0.2) is 29.4 Å². The minimum absolute atomic E-state index is 0.528. The van der Waals surface area contributed by atoms with Gasteiger partial charge in [0.15, 0.2) is 0 Å². The number of fused-ring (bicyclic) bond motifs is 1. The summed E-state index contributed by atoms with van der Waals surface area (Å²) in [6.07, 6.45) is 8.48. The van der Waals surface area contributed by atoms with Crippen molar-refractivity contribution in [2.75, 3.05) is 19.6 Å². The number of likely N-dealkylation sites (tertiary alicyclic amines) is 1. The molecule has 2 aromatic rings. The van der Waals surface area contributed by atoms with Crippen molar-refractivity contribution in [3.63, 3.8) is 0 Å². The summed E-state index contributed by atoms with van der Waals surface area (Å²) in [6.45, 7) is 19.1. The Labute approximate surface area is 219 Å². The van der Waals surface area contributed by atoms with E-state index in [0.29, 0.717) is 11.8 Å². The largest absolute Gasteiger partial charge is 0.370 e. The molecule has 3 heteroatoms. The second kappa shape index (κ2) is 12.0. The van der Waals surface area contributed by atoms with E-state index in [0.717, 1.165) is 50.6 Å². The van der Waals surface area contributed by atoms with Crippen LogP contribution < -0.4 is 0 Å². The smallest absolute Gasteiger partial charge is 0.0444 e. The van der Waals surface area contributed by atoms with Crippen LogP contribution in [0.5, 0.6) is 0 Å². The third-order valence-corrected chi connectivity index (χ3v) is 8.42. The first-order valence-corrected chi connectivity index (χ1v) is 14.3. The highest BCUT2D eigenvalue weighted by molar-refractivity contribution is 6.31. The third-order valence-electron chi connectivity index (χ3n) is 8.08. The van der Waals surface area contributed by atoms with E-state index in [1.54, 1.807) is 0 Å². The van der Waals surface area contributed by atoms with E-state index >= 15 is 0 Å². The summed E-state index contributed by atoms with van der Waals surface area (Å²) >= 11 is 6.80. The van der Waals surface area contributed by atoms with Gasteiger partial charge in [-0.05, 0) is 97.4 Å². The fourth-order valence-electron chi connectivity index (χ4n) is 6.25. The molecule has 0 N–H and O–H groups in total. The van der Waals surface area contributed by atoms with Crippen LogP contribution in [0.1, 0.15) is 79.8 Å². The Bertz CT molecular complexity index is 1020. The Balaban J connectivity index is 1.46. The lowest BCUT2D eigenvalue weighted by Crippen LogP contribution is -2.31. The van der Waals surface area contributed by atoms with Gasteiger partial charge >= 0.3 is 0 Å². The molecule has 1 fully saturated rings. The van der Waals surface area contributed by atoms with Crippen molar-refractivity contribution in [1.29, 1.82) is 0 Å². The van der Waals surface area contributed by atoms with Crippen LogP contribution in [-0.2, 0) is 32.4 Å². The fraction of sp³-hybridized carbons (Fsp3) is 0.562. The maximum absolute atomic E-state index is 6.80. The molecule has 4 rings (SSSR count). The number of rotatable bonds is 9. The first kappa shape index (κ1) is 26.3. The van der Waals surface area contributed by atoms with E-state index in [4.69, 9.17) is 11.6 Å². The van der Waals surface area contributed by atoms with Gasteiger partial charge in [-0.2, -0.15) is 0 Å². The van der Waals surface area contributed by atoms with Crippen LogP contribution in [0.3, 0.4) is 0 Å². The number of benzene rings is 2. The summed E-state index contributed by atoms with van der Waals surface area (Å²) in [7, 11) is 0. The van der Waals surface area contributed by atoms with Gasteiger partial charge in [-0.25, -0.2) is 0 Å². The summed E-state index contributed by atoms with van der Waals surface area (Å²) < 4.78 is 0. The van der Waals surface area contributed by atoms with Crippen molar-refractivity contribution in [2.45, 2.75) is 85.7 Å². The average Bonchev–Trinajstić information content (AvgIpc) is 3.14. The standard InChI is InChI=1S/C32H45ClN2/c1-6-30-24(4)11-10-13-29(30)22-34-16-15-28(21-34)25(5)35(19-23(2)3)20-26-17-27-12-8-7-9-14-31(27)32(33)18-26/h10-11,13,17-18,23,28H,5-9,12,14-16,19-22H2,1-4H3/t28-/m1/s1. The van der Waals surface area contributed by atoms with Crippen LogP contribution in [0.2, 0.25) is 5.02 Å². The lowest BCUT2D eigenvalue weighted by molar-refractivity contribution is 0.256. The molecule has 1 heterocycles. The molecule has 0 radical (unpaired) electrons. The molecule has 2 nitrogen and oxygen atoms in total. The SMILES string of the molecule is C=C([C@@H]1CCN(Cc2cccc(C)c2CC)C1)N(Cc1cc(Cl)c2c(c1)CCCCC2)CC(C)C. The molecule has 0 bridgehead atoms. The van der Waals surface area contributed by atoms with E-state index in [1.807, 2.05) is 0 Å². The molecular weight excluding hydrogens is 448 g/mol. The lowest BCUT2D eigenvalue weighted by Gasteiger charge is -2.32. The van der Waals surface area contributed by atoms with Gasteiger partial charge in [0.1, 0.15) is 0 Å². The zero-order chi connectivity index (χ0) is 24.9. The summed E-state index contributed by atoms with van der Waals surface area (Å²) in [5.74, 6) is 1.12. The second-order valence-electron chi connectivity index (χ2n) is 11.3. The molecule has 2 aromatic carbocycles. The van der Waals surface area contributed by atoms with Crippen LogP contribution in [0.25, 0.3) is 0 Å². The van der Waals surface area contributed by atoms with Crippen molar-refractivity contribution < 1.29 is 0 Å². The van der Waals surface area contributed by atoms with E-state index in [9.17, 15) is 0 Å². The molecular formula is C32H45ClN2. The van der Waals surface area contributed by atoms with Crippen molar-refractivity contribution in [3.05, 3.63) is 81.0 Å². The molecule has 0 aromatic heterocycles. The summed E-state index contributed by atoms with van der Waals surface area (Å²) in [5, 5.41) is 0.978. The first-order valence-electron chi connectivity index (χ1n) is 13.9. The molecule has 35 heavy (non-hydrogen) atoms. The van der Waals surface area contributed by atoms with Gasteiger partial charge in [0.25, 0.3) is 0 Å². The predicted molar refractivity (Wildman–Crippen MR) is 151 cm³/mol. The Morgan fingerprint density at radius 2 is 1.97 bits per heavy atom. The minimum atomic E-state index is 0.528. The summed E-state index contributed by atoms with van der Waals surface area (Å²) in [5.41, 5.74) is 9.99. The molecule has 190 valence electrons. The van der Waals surface area contributed by atoms with Crippen molar-refractivity contribution in [2.24, 2.45) is 11.8 Å². The number of aryl methyl sites for hydroxylation is 2. The van der Waals surface area contributed by atoms with Crippen LogP contribution >= 0.6 is 11.6 Å². The molecule has 1 saturated heterocycles. The zero-order valence-corrected chi connectivity index (χ0v) is 23.3. The van der Waals surface area contributed by atoms with Crippen molar-refractivity contribution in [1.82, 2.24) is 9.80 Å². The fourth-order valence-corrected chi connectivity index (χ4v) is 6.61. The van der Waals surface area contributed by atoms with Gasteiger partial charge in [0.05, 0.1) is 0 Å². The van der Waals surface area contributed by atoms with Crippen molar-refractivity contribution in [3.8, 4) is 0 Å². The molecule has 1 atom stereocenters. The van der Waals surface area contributed by atoms with E-state index in [2.05, 4.69) is 74.4 Å². The number of halogens is 1. The van der Waals surface area contributed by atoms with Gasteiger partial charge in [0.2, 0.25) is 0 Å². The van der Waals surface area contributed by atoms with Gasteiger partial charge < -0.3 is 4.90 Å². The number of hydrogen-bond acceptors (Lipinski definition) is 2. The highest BCUT2D eigenvalue weighted by Crippen LogP contribution is 2.32. The monoisotopic (exact) mass is 492 g/mol. The van der Waals surface area contributed by atoms with E-state index in [1.165, 1.54) is 71.2 Å². The van der Waals surface area contributed by atoms with Gasteiger partial charge in [-0.3, -0.25) is 4.90 Å². The topological polar surface area (TPSA) is 6.48 Å². The van der Waals surface area contributed by atoms with E-state index < -0.39 is 0 Å². The predicted octanol–water partition coefficient (Wildman–Crippen LogP) is 7.97. The molecule has 0 spiro atoms. The quantitative estimate of drug-likeness (QED) is 0.327. The second-order valence-corrected chi connectivity index (χ2v) is 11.7. The average molecular weight is 493 g/mol. The number of nitrogens with zero attached hydrogens (tertiary/aromatic N) is 2. The number of hydrogen-bond donors (Lipinski definition) is 0. The Morgan fingerprint density at radius 1 is 1.17 bits per heavy atom. The van der Waals surface area contributed by atoms with Gasteiger partial charge in [-0.15, -0.1) is 0 Å². The lowest BCUT2D eigenvalue weighted by atomic mass is 9.98. The normalized spacial score (nSPS) is 18.5. The Kier molecular flexibility index (Phi) is 9.00. The maximum atomic E-state index is 6.80. The highest BCUT2D eigenvalue weighted by Gasteiger charge is 2.28. The van der Waals surface area contributed by atoms with E-state index in [-0.39, 0.29) is 0 Å². The summed E-state index contributed by atoms with van der Waals surface area (Å²) in [6, 6.07) is 11.5.